The number of aliphatic carboxylic acids is 1. The van der Waals surface area contributed by atoms with Crippen LogP contribution in [0.15, 0.2) is 41.0 Å². The number of rotatable bonds is 8. The van der Waals surface area contributed by atoms with Gasteiger partial charge in [0.05, 0.1) is 6.26 Å². The van der Waals surface area contributed by atoms with E-state index in [2.05, 4.69) is 9.79 Å². The van der Waals surface area contributed by atoms with Gasteiger partial charge in [0, 0.05) is 13.0 Å². The lowest BCUT2D eigenvalue weighted by atomic mass is 10.2. The van der Waals surface area contributed by atoms with Crippen LogP contribution in [0.4, 0.5) is 0 Å². The third-order valence-corrected chi connectivity index (χ3v) is 3.69. The Balaban J connectivity index is 0.000000409. The van der Waals surface area contributed by atoms with Crippen LogP contribution in [0.3, 0.4) is 0 Å². The summed E-state index contributed by atoms with van der Waals surface area (Å²) in [5.41, 5.74) is 0. The third kappa shape index (κ3) is 6.76. The average molecular weight is 395 g/mol. The Morgan fingerprint density at radius 3 is 2.61 bits per heavy atom. The van der Waals surface area contributed by atoms with E-state index in [0.717, 1.165) is 24.5 Å². The highest BCUT2D eigenvalue weighted by Gasteiger charge is 2.22. The first-order valence-electron chi connectivity index (χ1n) is 8.72. The van der Waals surface area contributed by atoms with Crippen LogP contribution in [0, 0.1) is 0 Å². The number of para-hydroxylation sites is 1. The molecule has 0 fully saturated rings. The van der Waals surface area contributed by atoms with E-state index in [1.807, 2.05) is 44.4 Å². The number of carboxylic acids is 1. The fourth-order valence-corrected chi connectivity index (χ4v) is 2.46. The van der Waals surface area contributed by atoms with Gasteiger partial charge >= 0.3 is 5.97 Å². The summed E-state index contributed by atoms with van der Waals surface area (Å²) < 4.78 is 23.0. The van der Waals surface area contributed by atoms with E-state index in [4.69, 9.17) is 29.0 Å². The molecule has 1 aromatic carbocycles. The molecule has 9 nitrogen and oxygen atoms in total. The lowest BCUT2D eigenvalue weighted by Crippen LogP contribution is -2.20. The molecule has 0 aliphatic carbocycles. The Hall–Kier alpha value is -2.75. The molecule has 3 rings (SSSR count). The topological polar surface area (TPSA) is 111 Å². The van der Waals surface area contributed by atoms with Crippen LogP contribution < -0.4 is 14.2 Å². The van der Waals surface area contributed by atoms with E-state index >= 15 is 0 Å². The molecule has 2 aromatic rings. The van der Waals surface area contributed by atoms with Crippen LogP contribution >= 0.6 is 0 Å². The van der Waals surface area contributed by atoms with Gasteiger partial charge in [-0.1, -0.05) is 6.07 Å². The summed E-state index contributed by atoms with van der Waals surface area (Å²) in [6, 6.07) is 9.52. The second-order valence-corrected chi connectivity index (χ2v) is 6.16. The molecule has 1 aliphatic heterocycles. The minimum absolute atomic E-state index is 0.158. The molecule has 0 saturated heterocycles. The van der Waals surface area contributed by atoms with Gasteiger partial charge in [0.2, 0.25) is 5.75 Å². The fourth-order valence-electron chi connectivity index (χ4n) is 2.46. The second kappa shape index (κ2) is 11.2. The van der Waals surface area contributed by atoms with Crippen LogP contribution in [-0.2, 0) is 9.68 Å². The number of fused-ring (bicyclic) bond motifs is 1. The molecule has 1 atom stereocenters. The molecule has 154 valence electrons. The van der Waals surface area contributed by atoms with Crippen molar-refractivity contribution in [2.75, 3.05) is 40.5 Å². The molecule has 0 amide bonds. The van der Waals surface area contributed by atoms with Crippen molar-refractivity contribution >= 4 is 5.97 Å². The SMILES string of the molecule is CN(C)CCC(Oc1cccc2c1OCCO2)c1ccco1.O=C(O)COO. The van der Waals surface area contributed by atoms with Crippen molar-refractivity contribution in [1.82, 2.24) is 4.90 Å². The summed E-state index contributed by atoms with van der Waals surface area (Å²) in [5.74, 6) is 1.73. The Morgan fingerprint density at radius 2 is 2.00 bits per heavy atom. The molecule has 28 heavy (non-hydrogen) atoms. The highest BCUT2D eigenvalue weighted by atomic mass is 17.1. The molecule has 1 aromatic heterocycles. The molecular formula is C19H25NO8. The lowest BCUT2D eigenvalue weighted by Gasteiger charge is -2.24. The van der Waals surface area contributed by atoms with E-state index in [9.17, 15) is 4.79 Å². The number of furan rings is 1. The molecule has 1 unspecified atom stereocenters. The van der Waals surface area contributed by atoms with Gasteiger partial charge in [-0.15, -0.1) is 0 Å². The second-order valence-electron chi connectivity index (χ2n) is 6.16. The van der Waals surface area contributed by atoms with Crippen LogP contribution in [0.1, 0.15) is 18.3 Å². The number of benzene rings is 1. The van der Waals surface area contributed by atoms with E-state index in [0.29, 0.717) is 24.7 Å². The minimum atomic E-state index is -1.18. The van der Waals surface area contributed by atoms with Gasteiger partial charge in [-0.25, -0.2) is 9.68 Å². The maximum atomic E-state index is 9.31. The number of ether oxygens (including phenoxy) is 3. The van der Waals surface area contributed by atoms with Crippen molar-refractivity contribution in [1.29, 1.82) is 0 Å². The highest BCUT2D eigenvalue weighted by Crippen LogP contribution is 2.41. The summed E-state index contributed by atoms with van der Waals surface area (Å²) in [6.45, 7) is 1.35. The Morgan fingerprint density at radius 1 is 1.21 bits per heavy atom. The first-order valence-corrected chi connectivity index (χ1v) is 8.72. The van der Waals surface area contributed by atoms with Crippen molar-refractivity contribution in [3.05, 3.63) is 42.4 Å². The molecule has 0 radical (unpaired) electrons. The molecule has 0 bridgehead atoms. The monoisotopic (exact) mass is 395 g/mol. The maximum Gasteiger partial charge on any atom is 0.333 e. The van der Waals surface area contributed by atoms with Gasteiger partial charge in [0.15, 0.2) is 24.2 Å². The molecular weight excluding hydrogens is 370 g/mol. The number of nitrogens with zero attached hydrogens (tertiary/aromatic N) is 1. The predicted octanol–water partition coefficient (Wildman–Crippen LogP) is 2.68. The van der Waals surface area contributed by atoms with Crippen LogP contribution in [0.25, 0.3) is 0 Å². The zero-order valence-corrected chi connectivity index (χ0v) is 15.9. The number of carbonyl (C=O) groups is 1. The van der Waals surface area contributed by atoms with Crippen LogP contribution in [0.2, 0.25) is 0 Å². The normalized spacial score (nSPS) is 13.4. The van der Waals surface area contributed by atoms with Gasteiger partial charge < -0.3 is 28.6 Å². The van der Waals surface area contributed by atoms with E-state index < -0.39 is 12.6 Å². The predicted molar refractivity (Wildman–Crippen MR) is 98.9 cm³/mol. The fraction of sp³-hybridized carbons (Fsp3) is 0.421. The summed E-state index contributed by atoms with van der Waals surface area (Å²) >= 11 is 0. The lowest BCUT2D eigenvalue weighted by molar-refractivity contribution is -0.243. The quantitative estimate of drug-likeness (QED) is 0.515. The van der Waals surface area contributed by atoms with E-state index in [-0.39, 0.29) is 6.10 Å². The smallest absolute Gasteiger partial charge is 0.333 e. The van der Waals surface area contributed by atoms with Gasteiger partial charge in [-0.3, -0.25) is 5.26 Å². The van der Waals surface area contributed by atoms with Crippen molar-refractivity contribution in [3.63, 3.8) is 0 Å². The van der Waals surface area contributed by atoms with Crippen molar-refractivity contribution < 1.29 is 38.7 Å². The highest BCUT2D eigenvalue weighted by molar-refractivity contribution is 5.67. The van der Waals surface area contributed by atoms with E-state index in [1.165, 1.54) is 0 Å². The molecule has 1 aliphatic rings. The molecule has 0 spiro atoms. The van der Waals surface area contributed by atoms with Crippen molar-refractivity contribution in [2.24, 2.45) is 0 Å². The Kier molecular flexibility index (Phi) is 8.60. The largest absolute Gasteiger partial charge is 0.486 e. The number of carboxylic acid groups (broad SMARTS) is 1. The maximum absolute atomic E-state index is 9.31. The summed E-state index contributed by atoms with van der Waals surface area (Å²) in [7, 11) is 4.08. The molecule has 9 heteroatoms. The van der Waals surface area contributed by atoms with Gasteiger partial charge in [-0.2, -0.15) is 0 Å². The van der Waals surface area contributed by atoms with Gasteiger partial charge in [0.25, 0.3) is 0 Å². The Bertz CT molecular complexity index is 717. The standard InChI is InChI=1S/C17H21NO4.C2H4O4/c1-18(2)9-8-14(13-7-4-10-19-13)22-16-6-3-5-15-17(16)21-12-11-20-15;3-2(4)1-6-5/h3-7,10,14H,8-9,11-12H2,1-2H3;5H,1H2,(H,3,4). The number of hydrogen-bond donors (Lipinski definition) is 2. The zero-order chi connectivity index (χ0) is 20.4. The first-order chi connectivity index (χ1) is 13.5. The van der Waals surface area contributed by atoms with Crippen LogP contribution in [0.5, 0.6) is 17.2 Å². The summed E-state index contributed by atoms with van der Waals surface area (Å²) in [5, 5.41) is 15.0. The van der Waals surface area contributed by atoms with Crippen LogP contribution in [-0.4, -0.2) is 61.7 Å². The first kappa shape index (κ1) is 21.5. The molecule has 2 heterocycles. The Labute approximate surface area is 162 Å². The summed E-state index contributed by atoms with van der Waals surface area (Å²) in [6.07, 6.45) is 2.33. The number of hydrogen-bond acceptors (Lipinski definition) is 8. The van der Waals surface area contributed by atoms with E-state index in [1.54, 1.807) is 6.26 Å². The third-order valence-electron chi connectivity index (χ3n) is 3.69. The molecule has 2 N–H and O–H groups in total. The minimum Gasteiger partial charge on any atom is -0.486 e. The average Bonchev–Trinajstić information content (AvgIpc) is 3.20. The van der Waals surface area contributed by atoms with Crippen molar-refractivity contribution in [3.8, 4) is 17.2 Å². The zero-order valence-electron chi connectivity index (χ0n) is 15.9. The van der Waals surface area contributed by atoms with Gasteiger partial charge in [-0.05, 0) is 38.4 Å². The van der Waals surface area contributed by atoms with Crippen molar-refractivity contribution in [2.45, 2.75) is 12.5 Å². The summed E-state index contributed by atoms with van der Waals surface area (Å²) in [4.78, 5) is 14.6. The van der Waals surface area contributed by atoms with Gasteiger partial charge in [0.1, 0.15) is 19.0 Å². The molecule has 0 saturated carbocycles.